The van der Waals surface area contributed by atoms with Crippen molar-refractivity contribution in [1.29, 1.82) is 5.26 Å². The van der Waals surface area contributed by atoms with E-state index in [-0.39, 0.29) is 18.6 Å². The number of benzene rings is 1. The Morgan fingerprint density at radius 3 is 2.80 bits per heavy atom. The average Bonchev–Trinajstić information content (AvgIpc) is 2.46. The number of aliphatic hydroxyl groups is 1. The molecule has 1 aromatic rings. The number of carbonyl (C=O) groups is 1. The van der Waals surface area contributed by atoms with E-state index in [9.17, 15) is 9.90 Å². The second-order valence-corrected chi connectivity index (χ2v) is 5.02. The lowest BCUT2D eigenvalue weighted by atomic mass is 9.84. The van der Waals surface area contributed by atoms with Crippen molar-refractivity contribution in [2.75, 3.05) is 0 Å². The fourth-order valence-corrected chi connectivity index (χ4v) is 2.36. The summed E-state index contributed by atoms with van der Waals surface area (Å²) in [7, 11) is 0. The van der Waals surface area contributed by atoms with Crippen LogP contribution in [0.25, 0.3) is 0 Å². The molecule has 0 aromatic heterocycles. The SMILES string of the molecule is N#C[C@@H]1CC[C@H](NC(=O)OCc2ccccc2)C[C@H]1O. The molecular weight excluding hydrogens is 256 g/mol. The summed E-state index contributed by atoms with van der Waals surface area (Å²) in [5, 5.41) is 21.3. The zero-order chi connectivity index (χ0) is 14.4. The Morgan fingerprint density at radius 2 is 2.15 bits per heavy atom. The summed E-state index contributed by atoms with van der Waals surface area (Å²) in [6.07, 6.45) is 0.532. The van der Waals surface area contributed by atoms with Gasteiger partial charge in [-0.25, -0.2) is 4.79 Å². The third-order valence-corrected chi connectivity index (χ3v) is 3.52. The van der Waals surface area contributed by atoms with Crippen molar-refractivity contribution in [3.8, 4) is 6.07 Å². The predicted molar refractivity (Wildman–Crippen MR) is 72.5 cm³/mol. The van der Waals surface area contributed by atoms with Crippen molar-refractivity contribution in [2.24, 2.45) is 5.92 Å². The highest BCUT2D eigenvalue weighted by atomic mass is 16.5. The molecule has 3 atom stereocenters. The molecule has 0 spiro atoms. The van der Waals surface area contributed by atoms with Crippen LogP contribution in [0, 0.1) is 17.2 Å². The third-order valence-electron chi connectivity index (χ3n) is 3.52. The van der Waals surface area contributed by atoms with Gasteiger partial charge < -0.3 is 15.2 Å². The Balaban J connectivity index is 1.74. The van der Waals surface area contributed by atoms with Gasteiger partial charge in [-0.15, -0.1) is 0 Å². The van der Waals surface area contributed by atoms with E-state index in [0.717, 1.165) is 5.56 Å². The van der Waals surface area contributed by atoms with Crippen LogP contribution in [-0.2, 0) is 11.3 Å². The first-order valence-corrected chi connectivity index (χ1v) is 6.74. The Morgan fingerprint density at radius 1 is 1.40 bits per heavy atom. The van der Waals surface area contributed by atoms with Crippen LogP contribution in [0.5, 0.6) is 0 Å². The Kier molecular flexibility index (Phi) is 4.97. The number of rotatable bonds is 3. The van der Waals surface area contributed by atoms with Gasteiger partial charge in [0.15, 0.2) is 0 Å². The zero-order valence-electron chi connectivity index (χ0n) is 11.2. The third kappa shape index (κ3) is 3.97. The van der Waals surface area contributed by atoms with Gasteiger partial charge in [0.05, 0.1) is 18.1 Å². The molecule has 0 bridgehead atoms. The molecule has 20 heavy (non-hydrogen) atoms. The summed E-state index contributed by atoms with van der Waals surface area (Å²) in [4.78, 5) is 11.7. The molecule has 5 heteroatoms. The number of nitrogens with zero attached hydrogens (tertiary/aromatic N) is 1. The van der Waals surface area contributed by atoms with Crippen molar-refractivity contribution < 1.29 is 14.6 Å². The van der Waals surface area contributed by atoms with Crippen LogP contribution in [-0.4, -0.2) is 23.3 Å². The monoisotopic (exact) mass is 274 g/mol. The molecule has 1 saturated carbocycles. The molecule has 2 N–H and O–H groups in total. The highest BCUT2D eigenvalue weighted by Gasteiger charge is 2.29. The van der Waals surface area contributed by atoms with Crippen LogP contribution in [0.15, 0.2) is 30.3 Å². The van der Waals surface area contributed by atoms with E-state index in [4.69, 9.17) is 10.00 Å². The summed E-state index contributed by atoms with van der Waals surface area (Å²) >= 11 is 0. The number of nitriles is 1. The number of aliphatic hydroxyl groups excluding tert-OH is 1. The van der Waals surface area contributed by atoms with Crippen LogP contribution in [0.3, 0.4) is 0 Å². The summed E-state index contributed by atoms with van der Waals surface area (Å²) in [5.41, 5.74) is 0.927. The number of nitrogens with one attached hydrogen (secondary N) is 1. The Bertz CT molecular complexity index is 484. The quantitative estimate of drug-likeness (QED) is 0.882. The van der Waals surface area contributed by atoms with Gasteiger partial charge in [0.1, 0.15) is 6.61 Å². The normalized spacial score (nSPS) is 25.5. The Hall–Kier alpha value is -2.06. The van der Waals surface area contributed by atoms with Crippen LogP contribution < -0.4 is 5.32 Å². The van der Waals surface area contributed by atoms with Gasteiger partial charge in [-0.05, 0) is 24.8 Å². The summed E-state index contributed by atoms with van der Waals surface area (Å²) in [6.45, 7) is 0.225. The molecule has 0 aliphatic heterocycles. The molecule has 2 rings (SSSR count). The summed E-state index contributed by atoms with van der Waals surface area (Å²) < 4.78 is 5.12. The molecule has 1 aromatic carbocycles. The molecule has 1 fully saturated rings. The highest BCUT2D eigenvalue weighted by molar-refractivity contribution is 5.67. The van der Waals surface area contributed by atoms with Gasteiger partial charge in [0, 0.05) is 6.04 Å². The summed E-state index contributed by atoms with van der Waals surface area (Å²) in [5.74, 6) is -0.326. The lowest BCUT2D eigenvalue weighted by Gasteiger charge is -2.29. The maximum atomic E-state index is 11.7. The van der Waals surface area contributed by atoms with Crippen molar-refractivity contribution >= 4 is 6.09 Å². The van der Waals surface area contributed by atoms with Gasteiger partial charge in [0.25, 0.3) is 0 Å². The minimum Gasteiger partial charge on any atom is -0.445 e. The molecule has 0 unspecified atom stereocenters. The van der Waals surface area contributed by atoms with E-state index in [2.05, 4.69) is 11.4 Å². The van der Waals surface area contributed by atoms with E-state index in [0.29, 0.717) is 19.3 Å². The van der Waals surface area contributed by atoms with Crippen molar-refractivity contribution in [3.63, 3.8) is 0 Å². The molecule has 0 radical (unpaired) electrons. The van der Waals surface area contributed by atoms with E-state index in [1.54, 1.807) is 0 Å². The second kappa shape index (κ2) is 6.92. The minimum absolute atomic E-state index is 0.127. The first-order chi connectivity index (χ1) is 9.69. The number of hydrogen-bond donors (Lipinski definition) is 2. The summed E-state index contributed by atoms with van der Waals surface area (Å²) in [6, 6.07) is 11.4. The van der Waals surface area contributed by atoms with Crippen LogP contribution >= 0.6 is 0 Å². The molecule has 0 saturated heterocycles. The van der Waals surface area contributed by atoms with Gasteiger partial charge >= 0.3 is 6.09 Å². The fourth-order valence-electron chi connectivity index (χ4n) is 2.36. The second-order valence-electron chi connectivity index (χ2n) is 5.02. The van der Waals surface area contributed by atoms with Crippen LogP contribution in [0.1, 0.15) is 24.8 Å². The van der Waals surface area contributed by atoms with Gasteiger partial charge in [-0.1, -0.05) is 30.3 Å². The molecule has 1 aliphatic carbocycles. The topological polar surface area (TPSA) is 82.4 Å². The Labute approximate surface area is 118 Å². The maximum Gasteiger partial charge on any atom is 0.407 e. The fraction of sp³-hybridized carbons (Fsp3) is 0.467. The number of alkyl carbamates (subject to hydrolysis) is 1. The number of carbonyl (C=O) groups excluding carboxylic acids is 1. The molecule has 0 heterocycles. The van der Waals surface area contributed by atoms with Crippen molar-refractivity contribution in [3.05, 3.63) is 35.9 Å². The predicted octanol–water partition coefficient (Wildman–Crippen LogP) is 1.97. The van der Waals surface area contributed by atoms with E-state index < -0.39 is 12.2 Å². The largest absolute Gasteiger partial charge is 0.445 e. The maximum absolute atomic E-state index is 11.7. The van der Waals surface area contributed by atoms with Crippen molar-refractivity contribution in [1.82, 2.24) is 5.32 Å². The van der Waals surface area contributed by atoms with Gasteiger partial charge in [0.2, 0.25) is 0 Å². The smallest absolute Gasteiger partial charge is 0.407 e. The van der Waals surface area contributed by atoms with Gasteiger partial charge in [-0.2, -0.15) is 5.26 Å². The van der Waals surface area contributed by atoms with E-state index in [1.807, 2.05) is 30.3 Å². The molecule has 1 amide bonds. The number of amides is 1. The highest BCUT2D eigenvalue weighted by Crippen LogP contribution is 2.24. The molecule has 5 nitrogen and oxygen atoms in total. The minimum atomic E-state index is -0.673. The zero-order valence-corrected chi connectivity index (χ0v) is 11.2. The average molecular weight is 274 g/mol. The standard InChI is InChI=1S/C15H18N2O3/c16-9-12-6-7-13(8-14(12)18)17-15(19)20-10-11-4-2-1-3-5-11/h1-5,12-14,18H,6-8,10H2,(H,17,19)/t12-,13-,14+/m0/s1. The lowest BCUT2D eigenvalue weighted by molar-refractivity contribution is 0.0743. The molecule has 1 aliphatic rings. The first kappa shape index (κ1) is 14.4. The molecule has 106 valence electrons. The lowest BCUT2D eigenvalue weighted by Crippen LogP contribution is -2.42. The number of hydrogen-bond acceptors (Lipinski definition) is 4. The number of ether oxygens (including phenoxy) is 1. The van der Waals surface area contributed by atoms with Gasteiger partial charge in [-0.3, -0.25) is 0 Å². The van der Waals surface area contributed by atoms with Crippen LogP contribution in [0.4, 0.5) is 4.79 Å². The molecular formula is C15H18N2O3. The van der Waals surface area contributed by atoms with E-state index >= 15 is 0 Å². The van der Waals surface area contributed by atoms with Crippen LogP contribution in [0.2, 0.25) is 0 Å². The first-order valence-electron chi connectivity index (χ1n) is 6.74. The van der Waals surface area contributed by atoms with E-state index in [1.165, 1.54) is 0 Å². The van der Waals surface area contributed by atoms with Crippen molar-refractivity contribution in [2.45, 2.75) is 38.0 Å².